The highest BCUT2D eigenvalue weighted by molar-refractivity contribution is 7.99. The summed E-state index contributed by atoms with van der Waals surface area (Å²) >= 11 is 7.67. The third kappa shape index (κ3) is 5.48. The Bertz CT molecular complexity index is 735. The lowest BCUT2D eigenvalue weighted by Gasteiger charge is -2.26. The fourth-order valence-corrected chi connectivity index (χ4v) is 3.73. The molecule has 1 amide bonds. The van der Waals surface area contributed by atoms with Crippen LogP contribution in [0, 0.1) is 11.8 Å². The third-order valence-corrected chi connectivity index (χ3v) is 5.13. The van der Waals surface area contributed by atoms with Gasteiger partial charge in [0.05, 0.1) is 10.8 Å². The first-order valence-electron chi connectivity index (χ1n) is 8.84. The summed E-state index contributed by atoms with van der Waals surface area (Å²) in [5, 5.41) is 9.83. The van der Waals surface area contributed by atoms with Gasteiger partial charge < -0.3 is 9.47 Å². The first-order chi connectivity index (χ1) is 12.3. The van der Waals surface area contributed by atoms with Gasteiger partial charge in [-0.25, -0.2) is 0 Å². The molecule has 0 aliphatic rings. The predicted molar refractivity (Wildman–Crippen MR) is 108 cm³/mol. The van der Waals surface area contributed by atoms with Crippen LogP contribution >= 0.6 is 23.4 Å². The summed E-state index contributed by atoms with van der Waals surface area (Å²) in [5.41, 5.74) is 0.837. The number of nitrogens with zero attached hydrogens (tertiary/aromatic N) is 4. The maximum absolute atomic E-state index is 12.7. The van der Waals surface area contributed by atoms with Crippen molar-refractivity contribution >= 4 is 29.3 Å². The van der Waals surface area contributed by atoms with Gasteiger partial charge in [0, 0.05) is 25.7 Å². The van der Waals surface area contributed by atoms with Crippen molar-refractivity contribution in [1.29, 1.82) is 0 Å². The molecule has 0 bridgehead atoms. The number of carbonyl (C=O) groups excluding carboxylic acids is 1. The van der Waals surface area contributed by atoms with Crippen molar-refractivity contribution in [3.05, 3.63) is 29.3 Å². The van der Waals surface area contributed by atoms with E-state index in [2.05, 4.69) is 37.9 Å². The van der Waals surface area contributed by atoms with E-state index in [1.54, 1.807) is 0 Å². The Morgan fingerprint density at radius 3 is 2.35 bits per heavy atom. The summed E-state index contributed by atoms with van der Waals surface area (Å²) in [6, 6.07) is 7.55. The smallest absolute Gasteiger partial charge is 0.233 e. The minimum absolute atomic E-state index is 0.139. The van der Waals surface area contributed by atoms with Gasteiger partial charge in [0.15, 0.2) is 11.0 Å². The standard InChI is InChI=1S/C19H27ClN4OS/c1-13(2)10-24(11-14(3)4)17(25)12-26-19-22-21-18(23(19)5)15-8-6-7-9-16(15)20/h6-9,13-14H,10-12H2,1-5H3. The molecule has 0 aliphatic heterocycles. The molecular formula is C19H27ClN4OS. The average molecular weight is 395 g/mol. The van der Waals surface area contributed by atoms with Crippen LogP contribution in [-0.4, -0.2) is 44.4 Å². The molecule has 0 atom stereocenters. The van der Waals surface area contributed by atoms with Crippen molar-refractivity contribution < 1.29 is 4.79 Å². The summed E-state index contributed by atoms with van der Waals surface area (Å²) in [7, 11) is 1.89. The van der Waals surface area contributed by atoms with Gasteiger partial charge in [-0.3, -0.25) is 4.79 Å². The first kappa shape index (κ1) is 20.8. The number of thioether (sulfide) groups is 1. The van der Waals surface area contributed by atoms with Crippen molar-refractivity contribution in [2.75, 3.05) is 18.8 Å². The molecule has 0 radical (unpaired) electrons. The number of hydrogen-bond acceptors (Lipinski definition) is 4. The molecule has 5 nitrogen and oxygen atoms in total. The molecule has 1 aromatic heterocycles. The zero-order valence-corrected chi connectivity index (χ0v) is 17.6. The number of carbonyl (C=O) groups is 1. The van der Waals surface area contributed by atoms with E-state index in [0.29, 0.717) is 33.6 Å². The topological polar surface area (TPSA) is 51.0 Å². The summed E-state index contributed by atoms with van der Waals surface area (Å²) < 4.78 is 1.88. The van der Waals surface area contributed by atoms with Gasteiger partial charge in [-0.15, -0.1) is 10.2 Å². The Hall–Kier alpha value is -1.53. The van der Waals surface area contributed by atoms with Gasteiger partial charge in [-0.05, 0) is 24.0 Å². The number of aromatic nitrogens is 3. The lowest BCUT2D eigenvalue weighted by atomic mass is 10.1. The van der Waals surface area contributed by atoms with Gasteiger partial charge >= 0.3 is 0 Å². The Morgan fingerprint density at radius 2 is 1.77 bits per heavy atom. The maximum atomic E-state index is 12.7. The number of benzene rings is 1. The highest BCUT2D eigenvalue weighted by Gasteiger charge is 2.19. The van der Waals surface area contributed by atoms with Crippen LogP contribution in [0.15, 0.2) is 29.4 Å². The lowest BCUT2D eigenvalue weighted by molar-refractivity contribution is -0.129. The lowest BCUT2D eigenvalue weighted by Crippen LogP contribution is -2.38. The minimum atomic E-state index is 0.139. The molecule has 1 heterocycles. The molecule has 1 aromatic carbocycles. The Morgan fingerprint density at radius 1 is 1.15 bits per heavy atom. The van der Waals surface area contributed by atoms with Gasteiger partial charge in [0.25, 0.3) is 0 Å². The van der Waals surface area contributed by atoms with Crippen LogP contribution in [0.5, 0.6) is 0 Å². The summed E-state index contributed by atoms with van der Waals surface area (Å²) in [6.45, 7) is 10.1. The number of rotatable bonds is 8. The van der Waals surface area contributed by atoms with E-state index in [9.17, 15) is 4.79 Å². The van der Waals surface area contributed by atoms with Crippen molar-refractivity contribution in [2.24, 2.45) is 18.9 Å². The highest BCUT2D eigenvalue weighted by atomic mass is 35.5. The SMILES string of the molecule is CC(C)CN(CC(C)C)C(=O)CSc1nnc(-c2ccccc2Cl)n1C. The van der Waals surface area contributed by atoms with E-state index >= 15 is 0 Å². The van der Waals surface area contributed by atoms with Crippen LogP contribution in [0.4, 0.5) is 0 Å². The molecule has 142 valence electrons. The van der Waals surface area contributed by atoms with Gasteiger partial charge in [-0.1, -0.05) is 63.2 Å². The van der Waals surface area contributed by atoms with Crippen molar-refractivity contribution in [1.82, 2.24) is 19.7 Å². The Kier molecular flexibility index (Phi) is 7.53. The third-order valence-electron chi connectivity index (χ3n) is 3.80. The van der Waals surface area contributed by atoms with Crippen LogP contribution in [-0.2, 0) is 11.8 Å². The van der Waals surface area contributed by atoms with E-state index in [1.165, 1.54) is 11.8 Å². The Labute approximate surface area is 165 Å². The highest BCUT2D eigenvalue weighted by Crippen LogP contribution is 2.28. The van der Waals surface area contributed by atoms with E-state index in [0.717, 1.165) is 18.7 Å². The zero-order valence-electron chi connectivity index (χ0n) is 16.1. The van der Waals surface area contributed by atoms with E-state index in [-0.39, 0.29) is 5.91 Å². The molecule has 2 rings (SSSR count). The minimum Gasteiger partial charge on any atom is -0.341 e. The fraction of sp³-hybridized carbons (Fsp3) is 0.526. The molecule has 0 N–H and O–H groups in total. The summed E-state index contributed by atoms with van der Waals surface area (Å²) in [5.74, 6) is 2.09. The molecule has 0 fully saturated rings. The monoisotopic (exact) mass is 394 g/mol. The first-order valence-corrected chi connectivity index (χ1v) is 10.2. The Balaban J connectivity index is 2.07. The largest absolute Gasteiger partial charge is 0.341 e. The zero-order chi connectivity index (χ0) is 19.3. The van der Waals surface area contributed by atoms with Crippen LogP contribution in [0.3, 0.4) is 0 Å². The van der Waals surface area contributed by atoms with Crippen molar-refractivity contribution in [2.45, 2.75) is 32.9 Å². The van der Waals surface area contributed by atoms with E-state index in [4.69, 9.17) is 11.6 Å². The number of hydrogen-bond donors (Lipinski definition) is 0. The number of amides is 1. The maximum Gasteiger partial charge on any atom is 0.233 e. The molecule has 0 spiro atoms. The van der Waals surface area contributed by atoms with Crippen LogP contribution < -0.4 is 0 Å². The normalized spacial score (nSPS) is 11.4. The van der Waals surface area contributed by atoms with E-state index < -0.39 is 0 Å². The second-order valence-corrected chi connectivity index (χ2v) is 8.57. The molecule has 2 aromatic rings. The molecule has 26 heavy (non-hydrogen) atoms. The van der Waals surface area contributed by atoms with Gasteiger partial charge in [-0.2, -0.15) is 0 Å². The summed E-state index contributed by atoms with van der Waals surface area (Å²) in [4.78, 5) is 14.6. The number of halogens is 1. The fourth-order valence-electron chi connectivity index (χ4n) is 2.69. The van der Waals surface area contributed by atoms with Crippen molar-refractivity contribution in [3.63, 3.8) is 0 Å². The second kappa shape index (κ2) is 9.42. The summed E-state index contributed by atoms with van der Waals surface area (Å²) in [6.07, 6.45) is 0. The molecule has 0 saturated carbocycles. The molecule has 0 saturated heterocycles. The average Bonchev–Trinajstić information content (AvgIpc) is 2.92. The van der Waals surface area contributed by atoms with Crippen LogP contribution in [0.2, 0.25) is 5.02 Å². The molecule has 7 heteroatoms. The molecule has 0 aliphatic carbocycles. The quantitative estimate of drug-likeness (QED) is 0.624. The second-order valence-electron chi connectivity index (χ2n) is 7.22. The van der Waals surface area contributed by atoms with Gasteiger partial charge in [0.2, 0.25) is 5.91 Å². The van der Waals surface area contributed by atoms with Gasteiger partial charge in [0.1, 0.15) is 0 Å². The van der Waals surface area contributed by atoms with Crippen LogP contribution in [0.25, 0.3) is 11.4 Å². The van der Waals surface area contributed by atoms with Crippen molar-refractivity contribution in [3.8, 4) is 11.4 Å². The molecular weight excluding hydrogens is 368 g/mol. The predicted octanol–water partition coefficient (Wildman–Crippen LogP) is 4.37. The van der Waals surface area contributed by atoms with E-state index in [1.807, 2.05) is 40.8 Å². The van der Waals surface area contributed by atoms with Crippen LogP contribution in [0.1, 0.15) is 27.7 Å². The molecule has 0 unspecified atom stereocenters.